The molecular weight excluding hydrogens is 224 g/mol. The van der Waals surface area contributed by atoms with Gasteiger partial charge in [-0.3, -0.25) is 0 Å². The Bertz CT molecular complexity index is 371. The van der Waals surface area contributed by atoms with Gasteiger partial charge in [-0.05, 0) is 43.9 Å². The van der Waals surface area contributed by atoms with Gasteiger partial charge in [0.2, 0.25) is 0 Å². The highest BCUT2D eigenvalue weighted by Gasteiger charge is 2.15. The van der Waals surface area contributed by atoms with E-state index in [1.54, 1.807) is 0 Å². The summed E-state index contributed by atoms with van der Waals surface area (Å²) >= 11 is 0. The summed E-state index contributed by atoms with van der Waals surface area (Å²) in [6.45, 7) is 7.80. The molecule has 1 N–H and O–H groups in total. The third-order valence-corrected chi connectivity index (χ3v) is 2.91. The Hall–Kier alpha value is -1.51. The zero-order valence-corrected chi connectivity index (χ0v) is 11.7. The molecule has 0 unspecified atom stereocenters. The van der Waals surface area contributed by atoms with Crippen molar-refractivity contribution >= 4 is 11.7 Å². The van der Waals surface area contributed by atoms with Crippen molar-refractivity contribution in [1.82, 2.24) is 4.90 Å². The molecule has 3 nitrogen and oxygen atoms in total. The highest BCUT2D eigenvalue weighted by molar-refractivity contribution is 5.89. The highest BCUT2D eigenvalue weighted by atomic mass is 16.2. The number of likely N-dealkylation sites (tertiary alicyclic amines) is 1. The fraction of sp³-hybridized carbons (Fsp3) is 0.533. The van der Waals surface area contributed by atoms with Crippen molar-refractivity contribution < 1.29 is 4.79 Å². The Balaban J connectivity index is 0.000000771. The second-order valence-corrected chi connectivity index (χ2v) is 4.35. The van der Waals surface area contributed by atoms with Crippen LogP contribution in [0, 0.1) is 6.92 Å². The lowest BCUT2D eigenvalue weighted by Crippen LogP contribution is -2.38. The molecule has 18 heavy (non-hydrogen) atoms. The molecule has 0 radical (unpaired) electrons. The molecule has 1 saturated heterocycles. The van der Waals surface area contributed by atoms with Crippen LogP contribution < -0.4 is 5.32 Å². The maximum Gasteiger partial charge on any atom is 0.321 e. The van der Waals surface area contributed by atoms with Crippen LogP contribution in [0.5, 0.6) is 0 Å². The van der Waals surface area contributed by atoms with E-state index in [4.69, 9.17) is 0 Å². The Labute approximate surface area is 110 Å². The van der Waals surface area contributed by atoms with E-state index in [0.717, 1.165) is 37.2 Å². The van der Waals surface area contributed by atoms with Crippen LogP contribution in [0.2, 0.25) is 0 Å². The van der Waals surface area contributed by atoms with E-state index in [2.05, 4.69) is 5.32 Å². The van der Waals surface area contributed by atoms with Crippen molar-refractivity contribution in [1.29, 1.82) is 0 Å². The van der Waals surface area contributed by atoms with E-state index < -0.39 is 0 Å². The van der Waals surface area contributed by atoms with Gasteiger partial charge in [-0.15, -0.1) is 0 Å². The largest absolute Gasteiger partial charge is 0.325 e. The first-order valence-corrected chi connectivity index (χ1v) is 6.88. The van der Waals surface area contributed by atoms with Crippen LogP contribution in [-0.4, -0.2) is 24.0 Å². The van der Waals surface area contributed by atoms with Crippen LogP contribution in [0.4, 0.5) is 10.5 Å². The average molecular weight is 248 g/mol. The molecule has 0 spiro atoms. The van der Waals surface area contributed by atoms with Crippen molar-refractivity contribution in [3.8, 4) is 0 Å². The predicted octanol–water partition coefficient (Wildman–Crippen LogP) is 4.04. The number of nitrogens with one attached hydrogen (secondary N) is 1. The molecule has 0 saturated carbocycles. The first kappa shape index (κ1) is 14.6. The molecule has 0 aliphatic carbocycles. The van der Waals surface area contributed by atoms with Crippen molar-refractivity contribution in [2.24, 2.45) is 0 Å². The smallest absolute Gasteiger partial charge is 0.321 e. The molecule has 0 bridgehead atoms. The maximum atomic E-state index is 11.9. The first-order valence-electron chi connectivity index (χ1n) is 6.88. The number of nitrogens with zero attached hydrogens (tertiary/aromatic N) is 1. The molecule has 1 aliphatic rings. The normalized spacial score (nSPS) is 14.5. The minimum absolute atomic E-state index is 0.0327. The zero-order chi connectivity index (χ0) is 13.4. The number of anilines is 1. The molecule has 100 valence electrons. The molecule has 2 amide bonds. The Morgan fingerprint density at radius 1 is 1.17 bits per heavy atom. The summed E-state index contributed by atoms with van der Waals surface area (Å²) in [6.07, 6.45) is 3.50. The minimum Gasteiger partial charge on any atom is -0.325 e. The summed E-state index contributed by atoms with van der Waals surface area (Å²) in [5, 5.41) is 2.94. The van der Waals surface area contributed by atoms with Gasteiger partial charge in [-0.1, -0.05) is 26.0 Å². The summed E-state index contributed by atoms with van der Waals surface area (Å²) in [5.41, 5.74) is 2.05. The first-order chi connectivity index (χ1) is 8.75. The standard InChI is InChI=1S/C13H18N2O.C2H6/c1-11-6-5-7-12(10-11)14-13(16)15-8-3-2-4-9-15;1-2/h5-7,10H,2-4,8-9H2,1H3,(H,14,16);1-2H3. The predicted molar refractivity (Wildman–Crippen MR) is 77.0 cm³/mol. The molecule has 1 aliphatic heterocycles. The number of benzene rings is 1. The molecule has 1 heterocycles. The summed E-state index contributed by atoms with van der Waals surface area (Å²) in [5.74, 6) is 0. The highest BCUT2D eigenvalue weighted by Crippen LogP contribution is 2.13. The number of piperidine rings is 1. The maximum absolute atomic E-state index is 11.9. The topological polar surface area (TPSA) is 32.3 Å². The van der Waals surface area contributed by atoms with Crippen LogP contribution in [0.3, 0.4) is 0 Å². The summed E-state index contributed by atoms with van der Waals surface area (Å²) in [7, 11) is 0. The van der Waals surface area contributed by atoms with Crippen molar-refractivity contribution in [2.45, 2.75) is 40.0 Å². The molecule has 1 aromatic carbocycles. The van der Waals surface area contributed by atoms with Crippen LogP contribution in [0.1, 0.15) is 38.7 Å². The minimum atomic E-state index is 0.0327. The van der Waals surface area contributed by atoms with E-state index in [1.807, 2.05) is 49.9 Å². The second-order valence-electron chi connectivity index (χ2n) is 4.35. The number of aryl methyl sites for hydroxylation is 1. The number of amides is 2. The Morgan fingerprint density at radius 3 is 2.44 bits per heavy atom. The average Bonchev–Trinajstić information content (AvgIpc) is 2.42. The van der Waals surface area contributed by atoms with Gasteiger partial charge in [0.25, 0.3) is 0 Å². The molecule has 1 aromatic rings. The van der Waals surface area contributed by atoms with Gasteiger partial charge in [0.05, 0.1) is 0 Å². The summed E-state index contributed by atoms with van der Waals surface area (Å²) in [4.78, 5) is 13.8. The Kier molecular flexibility index (Phi) is 6.26. The molecule has 1 fully saturated rings. The monoisotopic (exact) mass is 248 g/mol. The van der Waals surface area contributed by atoms with Gasteiger partial charge >= 0.3 is 6.03 Å². The molecule has 0 atom stereocenters. The summed E-state index contributed by atoms with van der Waals surface area (Å²) < 4.78 is 0. The van der Waals surface area contributed by atoms with E-state index >= 15 is 0 Å². The number of urea groups is 1. The van der Waals surface area contributed by atoms with Crippen LogP contribution >= 0.6 is 0 Å². The molecule has 0 aromatic heterocycles. The molecule has 2 rings (SSSR count). The van der Waals surface area contributed by atoms with Crippen LogP contribution in [0.25, 0.3) is 0 Å². The lowest BCUT2D eigenvalue weighted by atomic mass is 10.1. The Morgan fingerprint density at radius 2 is 1.83 bits per heavy atom. The van der Waals surface area contributed by atoms with E-state index in [9.17, 15) is 4.79 Å². The molecular formula is C15H24N2O. The quantitative estimate of drug-likeness (QED) is 0.799. The van der Waals surface area contributed by atoms with E-state index in [0.29, 0.717) is 0 Å². The van der Waals surface area contributed by atoms with E-state index in [1.165, 1.54) is 6.42 Å². The van der Waals surface area contributed by atoms with Crippen LogP contribution in [-0.2, 0) is 0 Å². The van der Waals surface area contributed by atoms with Gasteiger partial charge in [0.1, 0.15) is 0 Å². The third-order valence-electron chi connectivity index (χ3n) is 2.91. The van der Waals surface area contributed by atoms with E-state index in [-0.39, 0.29) is 6.03 Å². The lowest BCUT2D eigenvalue weighted by molar-refractivity contribution is 0.200. The second kappa shape index (κ2) is 7.75. The number of rotatable bonds is 1. The van der Waals surface area contributed by atoms with Gasteiger partial charge in [-0.25, -0.2) is 4.79 Å². The van der Waals surface area contributed by atoms with Crippen molar-refractivity contribution in [2.75, 3.05) is 18.4 Å². The van der Waals surface area contributed by atoms with Crippen LogP contribution in [0.15, 0.2) is 24.3 Å². The lowest BCUT2D eigenvalue weighted by Gasteiger charge is -2.26. The van der Waals surface area contributed by atoms with Crippen molar-refractivity contribution in [3.05, 3.63) is 29.8 Å². The van der Waals surface area contributed by atoms with Crippen molar-refractivity contribution in [3.63, 3.8) is 0 Å². The number of hydrogen-bond acceptors (Lipinski definition) is 1. The fourth-order valence-electron chi connectivity index (χ4n) is 2.02. The number of hydrogen-bond donors (Lipinski definition) is 1. The third kappa shape index (κ3) is 4.40. The van der Waals surface area contributed by atoms with Gasteiger partial charge in [0, 0.05) is 18.8 Å². The fourth-order valence-corrected chi connectivity index (χ4v) is 2.02. The number of carbonyl (C=O) groups excluding carboxylic acids is 1. The zero-order valence-electron chi connectivity index (χ0n) is 11.7. The molecule has 3 heteroatoms. The number of carbonyl (C=O) groups is 1. The van der Waals surface area contributed by atoms with Gasteiger partial charge < -0.3 is 10.2 Å². The van der Waals surface area contributed by atoms with Gasteiger partial charge in [0.15, 0.2) is 0 Å². The SMILES string of the molecule is CC.Cc1cccc(NC(=O)N2CCCCC2)c1. The summed E-state index contributed by atoms with van der Waals surface area (Å²) in [6, 6.07) is 7.93. The van der Waals surface area contributed by atoms with Gasteiger partial charge in [-0.2, -0.15) is 0 Å².